The molecule has 0 atom stereocenters. The van der Waals surface area contributed by atoms with Gasteiger partial charge in [-0.3, -0.25) is 0 Å². The van der Waals surface area contributed by atoms with Gasteiger partial charge in [0, 0.05) is 11.1 Å². The molecule has 0 fully saturated rings. The quantitative estimate of drug-likeness (QED) is 0.354. The number of nitrogens with zero attached hydrogens (tertiary/aromatic N) is 1. The Morgan fingerprint density at radius 2 is 1.59 bits per heavy atom. The molecule has 0 saturated heterocycles. The number of rotatable bonds is 3. The molecule has 0 amide bonds. The highest BCUT2D eigenvalue weighted by Gasteiger charge is 2.28. The SMILES string of the molecule is Cc1cc(C(C)(C)C)c(OC(=O)CN=C=S)c(C(C)(C)C)c1. The van der Waals surface area contributed by atoms with Gasteiger partial charge in [0.25, 0.3) is 0 Å². The maximum absolute atomic E-state index is 12.0. The minimum atomic E-state index is -0.419. The third kappa shape index (κ3) is 4.75. The first-order chi connectivity index (χ1) is 9.96. The van der Waals surface area contributed by atoms with E-state index < -0.39 is 5.97 Å². The lowest BCUT2D eigenvalue weighted by molar-refractivity contribution is -0.132. The number of aryl methyl sites for hydroxylation is 1. The number of benzene rings is 1. The normalized spacial score (nSPS) is 11.8. The molecular formula is C18H25NO2S. The second-order valence-electron chi connectivity index (χ2n) is 7.57. The number of aliphatic imine (C=N–C) groups is 1. The van der Waals surface area contributed by atoms with Crippen molar-refractivity contribution in [2.24, 2.45) is 4.99 Å². The van der Waals surface area contributed by atoms with Crippen LogP contribution < -0.4 is 4.74 Å². The summed E-state index contributed by atoms with van der Waals surface area (Å²) in [7, 11) is 0. The fraction of sp³-hybridized carbons (Fsp3) is 0.556. The third-order valence-corrected chi connectivity index (χ3v) is 3.47. The van der Waals surface area contributed by atoms with Crippen LogP contribution in [0.15, 0.2) is 17.1 Å². The Morgan fingerprint density at radius 1 is 1.14 bits per heavy atom. The number of thiocarbonyl (C=S) groups is 1. The minimum absolute atomic E-state index is 0.107. The van der Waals surface area contributed by atoms with Crippen LogP contribution >= 0.6 is 12.2 Å². The van der Waals surface area contributed by atoms with E-state index in [0.717, 1.165) is 16.7 Å². The molecule has 0 aromatic heterocycles. The second-order valence-corrected chi connectivity index (χ2v) is 7.75. The predicted molar refractivity (Wildman–Crippen MR) is 94.1 cm³/mol. The van der Waals surface area contributed by atoms with Crippen molar-refractivity contribution in [3.63, 3.8) is 0 Å². The highest BCUT2D eigenvalue weighted by molar-refractivity contribution is 7.78. The van der Waals surface area contributed by atoms with E-state index >= 15 is 0 Å². The van der Waals surface area contributed by atoms with Gasteiger partial charge in [0.05, 0.1) is 5.16 Å². The van der Waals surface area contributed by atoms with Gasteiger partial charge in [-0.05, 0) is 30.0 Å². The molecule has 4 heteroatoms. The summed E-state index contributed by atoms with van der Waals surface area (Å²) in [6.07, 6.45) is 0. The van der Waals surface area contributed by atoms with Gasteiger partial charge in [-0.15, -0.1) is 0 Å². The van der Waals surface area contributed by atoms with Crippen molar-refractivity contribution in [1.29, 1.82) is 0 Å². The number of ether oxygens (including phenoxy) is 1. The third-order valence-electron chi connectivity index (χ3n) is 3.34. The van der Waals surface area contributed by atoms with Crippen LogP contribution in [0.2, 0.25) is 0 Å². The molecule has 3 nitrogen and oxygen atoms in total. The van der Waals surface area contributed by atoms with E-state index in [1.54, 1.807) is 0 Å². The molecular weight excluding hydrogens is 294 g/mol. The van der Waals surface area contributed by atoms with Crippen molar-refractivity contribution in [3.05, 3.63) is 28.8 Å². The van der Waals surface area contributed by atoms with Gasteiger partial charge < -0.3 is 4.74 Å². The first-order valence-electron chi connectivity index (χ1n) is 7.36. The molecule has 0 aliphatic heterocycles. The van der Waals surface area contributed by atoms with Crippen molar-refractivity contribution in [1.82, 2.24) is 0 Å². The minimum Gasteiger partial charge on any atom is -0.425 e. The largest absolute Gasteiger partial charge is 0.425 e. The molecule has 1 aromatic rings. The molecule has 0 bridgehead atoms. The van der Waals surface area contributed by atoms with E-state index in [1.807, 2.05) is 0 Å². The number of hydrogen-bond acceptors (Lipinski definition) is 4. The molecule has 1 aromatic carbocycles. The molecule has 0 heterocycles. The van der Waals surface area contributed by atoms with E-state index in [4.69, 9.17) is 4.74 Å². The zero-order valence-corrected chi connectivity index (χ0v) is 15.4. The highest BCUT2D eigenvalue weighted by atomic mass is 32.1. The molecule has 1 rings (SSSR count). The smallest absolute Gasteiger partial charge is 0.333 e. The van der Waals surface area contributed by atoms with Crippen LogP contribution in [-0.4, -0.2) is 17.7 Å². The number of isothiocyanates is 1. The van der Waals surface area contributed by atoms with Gasteiger partial charge in [-0.1, -0.05) is 59.2 Å². The Bertz CT molecular complexity index is 580. The van der Waals surface area contributed by atoms with Crippen molar-refractivity contribution in [2.75, 3.05) is 6.54 Å². The van der Waals surface area contributed by atoms with E-state index in [1.165, 1.54) is 0 Å². The monoisotopic (exact) mass is 319 g/mol. The Balaban J connectivity index is 3.48. The van der Waals surface area contributed by atoms with Crippen LogP contribution in [0.3, 0.4) is 0 Å². The lowest BCUT2D eigenvalue weighted by Crippen LogP contribution is -2.23. The van der Waals surface area contributed by atoms with Crippen LogP contribution in [0.4, 0.5) is 0 Å². The van der Waals surface area contributed by atoms with E-state index in [2.05, 4.69) is 83.0 Å². The molecule has 120 valence electrons. The summed E-state index contributed by atoms with van der Waals surface area (Å²) >= 11 is 4.50. The summed E-state index contributed by atoms with van der Waals surface area (Å²) in [5, 5.41) is 2.19. The van der Waals surface area contributed by atoms with Crippen LogP contribution in [0.5, 0.6) is 5.75 Å². The van der Waals surface area contributed by atoms with Gasteiger partial charge in [0.1, 0.15) is 12.3 Å². The standard InChI is InChI=1S/C18H25NO2S/c1-12-8-13(17(2,3)4)16(14(9-12)18(5,6)7)21-15(20)10-19-11-22/h8-9H,10H2,1-7H3. The lowest BCUT2D eigenvalue weighted by atomic mass is 9.78. The maximum Gasteiger partial charge on any atom is 0.333 e. The van der Waals surface area contributed by atoms with Crippen LogP contribution in [0, 0.1) is 6.92 Å². The Hall–Kier alpha value is -1.51. The summed E-state index contributed by atoms with van der Waals surface area (Å²) in [5.74, 6) is 0.229. The summed E-state index contributed by atoms with van der Waals surface area (Å²) in [4.78, 5) is 15.7. The Kier molecular flexibility index (Phi) is 5.66. The van der Waals surface area contributed by atoms with Gasteiger partial charge in [0.2, 0.25) is 0 Å². The molecule has 22 heavy (non-hydrogen) atoms. The van der Waals surface area contributed by atoms with E-state index in [9.17, 15) is 4.79 Å². The second kappa shape index (κ2) is 6.72. The number of carbonyl (C=O) groups is 1. The first kappa shape index (κ1) is 18.5. The zero-order valence-electron chi connectivity index (χ0n) is 14.5. The maximum atomic E-state index is 12.0. The van der Waals surface area contributed by atoms with Crippen LogP contribution in [-0.2, 0) is 15.6 Å². The average molecular weight is 319 g/mol. The van der Waals surface area contributed by atoms with Crippen LogP contribution in [0.25, 0.3) is 0 Å². The van der Waals surface area contributed by atoms with Crippen molar-refractivity contribution >= 4 is 23.3 Å². The summed E-state index contributed by atoms with van der Waals surface area (Å²) in [6.45, 7) is 14.6. The van der Waals surface area contributed by atoms with E-state index in [-0.39, 0.29) is 17.4 Å². The van der Waals surface area contributed by atoms with Gasteiger partial charge in [0.15, 0.2) is 0 Å². The van der Waals surface area contributed by atoms with Gasteiger partial charge in [-0.2, -0.15) is 0 Å². The van der Waals surface area contributed by atoms with Gasteiger partial charge in [-0.25, -0.2) is 9.79 Å². The molecule has 0 spiro atoms. The predicted octanol–water partition coefficient (Wildman–Crippen LogP) is 4.60. The van der Waals surface area contributed by atoms with Crippen molar-refractivity contribution in [2.45, 2.75) is 59.3 Å². The summed E-state index contributed by atoms with van der Waals surface area (Å²) in [5.41, 5.74) is 2.95. The fourth-order valence-electron chi connectivity index (χ4n) is 2.24. The molecule has 0 aliphatic rings. The molecule has 0 radical (unpaired) electrons. The molecule has 0 aliphatic carbocycles. The number of carbonyl (C=O) groups excluding carboxylic acids is 1. The topological polar surface area (TPSA) is 38.7 Å². The van der Waals surface area contributed by atoms with E-state index in [0.29, 0.717) is 5.75 Å². The number of hydrogen-bond donors (Lipinski definition) is 0. The molecule has 0 saturated carbocycles. The van der Waals surface area contributed by atoms with Crippen LogP contribution in [0.1, 0.15) is 58.2 Å². The number of esters is 1. The summed E-state index contributed by atoms with van der Waals surface area (Å²) in [6, 6.07) is 4.17. The highest BCUT2D eigenvalue weighted by Crippen LogP contribution is 2.40. The Morgan fingerprint density at radius 3 is 1.95 bits per heavy atom. The zero-order chi connectivity index (χ0) is 17.1. The average Bonchev–Trinajstić information content (AvgIpc) is 2.35. The molecule has 0 unspecified atom stereocenters. The summed E-state index contributed by atoms with van der Waals surface area (Å²) < 4.78 is 5.67. The van der Waals surface area contributed by atoms with Crippen molar-refractivity contribution < 1.29 is 9.53 Å². The lowest BCUT2D eigenvalue weighted by Gasteiger charge is -2.29. The van der Waals surface area contributed by atoms with Gasteiger partial charge >= 0.3 is 5.97 Å². The Labute approximate surface area is 138 Å². The molecule has 0 N–H and O–H groups in total. The van der Waals surface area contributed by atoms with Crippen molar-refractivity contribution in [3.8, 4) is 5.75 Å². The fourth-order valence-corrected chi connectivity index (χ4v) is 2.30. The first-order valence-corrected chi connectivity index (χ1v) is 7.77.